The number of aryl methyl sites for hydroxylation is 2. The molecular formula is C123H200ClF7N2. The van der Waals surface area contributed by atoms with E-state index in [9.17, 15) is 30.7 Å². The average Bonchev–Trinajstić information content (AvgIpc) is 1.34. The van der Waals surface area contributed by atoms with E-state index < -0.39 is 11.6 Å². The molecule has 133 heavy (non-hydrogen) atoms. The lowest BCUT2D eigenvalue weighted by atomic mass is 9.88. The second-order valence-electron chi connectivity index (χ2n) is 44.6. The number of rotatable bonds is 27. The van der Waals surface area contributed by atoms with Crippen LogP contribution in [0.1, 0.15) is 388 Å². The highest BCUT2D eigenvalue weighted by Gasteiger charge is 2.21. The Balaban J connectivity index is -0.000000678. The molecule has 2 aliphatic rings. The molecule has 0 saturated heterocycles. The highest BCUT2D eigenvalue weighted by atomic mass is 35.5. The molecule has 0 bridgehead atoms. The fraction of sp³-hybridized carbons (Fsp3) is 0.626. The summed E-state index contributed by atoms with van der Waals surface area (Å²) in [5, 5.41) is 0.216. The summed E-state index contributed by atoms with van der Waals surface area (Å²) in [6.45, 7) is 81.2. The van der Waals surface area contributed by atoms with E-state index in [2.05, 4.69) is 275 Å². The Morgan fingerprint density at radius 2 is 0.677 bits per heavy atom. The summed E-state index contributed by atoms with van der Waals surface area (Å²) in [6, 6.07) is 46.3. The summed E-state index contributed by atoms with van der Waals surface area (Å²) >= 11 is 5.62. The van der Waals surface area contributed by atoms with Gasteiger partial charge >= 0.3 is 0 Å². The SMILES string of the molecule is CC(C)C1CCCC1.CC(C)CC(C)C.CC(C)CCC(C)(C)C.CC(C)CCC(C)C.CC(C)CCC1CC1.CC(C)Cc1ccc(F)c(Cl)c1.CC(C)Cc1ccc(F)c(F)c1.CC(C)Cc1ccc(F)cc1.CC(C)Cc1ccc(F)cn1.CC(C)Cc1ccccc1.CC(C)Cc1ccccn1.CCC.Cc1cc(CC(C)C)ccc1F.Cc1ccc(CC(C)C)cc1F. The van der Waals surface area contributed by atoms with Gasteiger partial charge < -0.3 is 0 Å². The molecule has 0 unspecified atom stereocenters. The van der Waals surface area contributed by atoms with Crippen molar-refractivity contribution in [2.45, 2.75) is 397 Å². The van der Waals surface area contributed by atoms with Crippen molar-refractivity contribution in [3.05, 3.63) is 272 Å². The zero-order valence-corrected chi connectivity index (χ0v) is 92.7. The van der Waals surface area contributed by atoms with E-state index in [1.54, 1.807) is 50.2 Å². The van der Waals surface area contributed by atoms with Crippen molar-refractivity contribution in [1.29, 1.82) is 0 Å². The van der Waals surface area contributed by atoms with Gasteiger partial charge in [0.1, 0.15) is 29.1 Å². The Hall–Kier alpha value is -6.58. The van der Waals surface area contributed by atoms with Crippen LogP contribution in [0.25, 0.3) is 0 Å². The Labute approximate surface area is 822 Å². The summed E-state index contributed by atoms with van der Waals surface area (Å²) in [6.07, 6.45) is 31.1. The van der Waals surface area contributed by atoms with E-state index in [1.807, 2.05) is 68.6 Å². The van der Waals surface area contributed by atoms with E-state index in [4.69, 9.17) is 11.6 Å². The number of hydrogen-bond donors (Lipinski definition) is 0. The molecule has 10 heteroatoms. The van der Waals surface area contributed by atoms with Crippen LogP contribution in [-0.4, -0.2) is 9.97 Å². The first-order valence-corrected chi connectivity index (χ1v) is 52.0. The fourth-order valence-corrected chi connectivity index (χ4v) is 14.0. The van der Waals surface area contributed by atoms with Crippen molar-refractivity contribution in [1.82, 2.24) is 9.97 Å². The number of halogens is 8. The minimum absolute atomic E-state index is 0.0897. The highest BCUT2D eigenvalue weighted by Crippen LogP contribution is 2.35. The third-order valence-corrected chi connectivity index (χ3v) is 21.0. The molecule has 6 aromatic carbocycles. The number of hydrogen-bond acceptors (Lipinski definition) is 2. The molecule has 0 radical (unpaired) electrons. The lowest BCUT2D eigenvalue weighted by Gasteiger charge is -2.18. The van der Waals surface area contributed by atoms with E-state index in [0.717, 1.165) is 138 Å². The molecule has 10 rings (SSSR count). The minimum atomic E-state index is -0.775. The standard InChI is InChI=1S/2C11H15F.C10H12ClF.C10H12F2.C10H13F.C10H14.C9H12FN.C9H13N.C9H20.2C8H16.C8H18.C7H16.C3H8/c1-8(2)6-10-4-5-11(12)9(3)7-10;1-8(2)6-10-5-4-9(3)11(12)7-10;1-7(2)5-8-3-4-10(12)9(11)6-8;1-7(2)5-8-3-4-9(11)10(12)6-8;1-8(2)7-9-3-5-10(11)6-4-9;1-9(2)8-10-6-4-3-5-7-10;1-7(2)5-9-4-3-8(10)6-11-9;1-8(2)7-9-5-3-4-6-10-9;1-8(2)6-7-9(3,4)5;1-7(2)3-4-8-5-6-8;1-7(2)8-5-3-4-6-8;1-7(2)5-6-8(3)4;1-6(2)5-7(3)4;1-3-2/h2*4-5,7-8H,6H2,1-3H3;2*3-4,6-7H,5H2,1-2H3;3-6,8H,7H2,1-2H3;3-7,9H,8H2,1-2H3;3-4,6-7H,5H2,1-2H3;3-6,8H,7H2,1-2H3;8H,6-7H2,1-5H3;2*7-8H,3-6H2,1-2H3;7-8H,5-6H2,1-4H3;6-7H,5H2,1-4H3;3H2,1-2H3. The van der Waals surface area contributed by atoms with Crippen LogP contribution in [0.15, 0.2) is 170 Å². The van der Waals surface area contributed by atoms with Gasteiger partial charge in [-0.3, -0.25) is 9.97 Å². The van der Waals surface area contributed by atoms with E-state index in [1.165, 1.54) is 161 Å². The molecule has 0 aliphatic heterocycles. The first-order valence-electron chi connectivity index (χ1n) is 51.7. The summed E-state index contributed by atoms with van der Waals surface area (Å²) in [7, 11) is 0. The summed E-state index contributed by atoms with van der Waals surface area (Å²) in [5.41, 5.74) is 11.1. The number of nitrogens with zero attached hydrogens (tertiary/aromatic N) is 2. The smallest absolute Gasteiger partial charge is 0.159 e. The molecule has 2 fully saturated rings. The molecule has 2 nitrogen and oxygen atoms in total. The second-order valence-corrected chi connectivity index (χ2v) is 45.0. The van der Waals surface area contributed by atoms with Gasteiger partial charge in [0.2, 0.25) is 0 Å². The molecule has 2 saturated carbocycles. The van der Waals surface area contributed by atoms with Crippen LogP contribution in [0.3, 0.4) is 0 Å². The number of benzene rings is 6. The monoisotopic (exact) mass is 1870 g/mol. The summed E-state index contributed by atoms with van der Waals surface area (Å²) in [5.74, 6) is 10.9. The lowest BCUT2D eigenvalue weighted by molar-refractivity contribution is 0.338. The molecule has 2 aliphatic carbocycles. The summed E-state index contributed by atoms with van der Waals surface area (Å²) < 4.78 is 88.5. The predicted octanol–water partition coefficient (Wildman–Crippen LogP) is 40.4. The van der Waals surface area contributed by atoms with Gasteiger partial charge in [0.05, 0.1) is 11.2 Å². The van der Waals surface area contributed by atoms with Crippen LogP contribution in [0.4, 0.5) is 30.7 Å². The van der Waals surface area contributed by atoms with Gasteiger partial charge in [0, 0.05) is 17.6 Å². The molecule has 0 atom stereocenters. The number of aromatic nitrogens is 2. The molecule has 0 N–H and O–H groups in total. The maximum absolute atomic E-state index is 13.0. The van der Waals surface area contributed by atoms with Crippen LogP contribution < -0.4 is 0 Å². The third kappa shape index (κ3) is 87.9. The molecular weight excluding hydrogens is 1670 g/mol. The fourth-order valence-electron chi connectivity index (χ4n) is 13.8. The topological polar surface area (TPSA) is 25.8 Å². The van der Waals surface area contributed by atoms with E-state index in [-0.39, 0.29) is 34.1 Å². The maximum atomic E-state index is 13.0. The maximum Gasteiger partial charge on any atom is 0.159 e. The van der Waals surface area contributed by atoms with Crippen LogP contribution in [-0.2, 0) is 51.4 Å². The van der Waals surface area contributed by atoms with E-state index in [0.29, 0.717) is 46.8 Å². The van der Waals surface area contributed by atoms with Crippen LogP contribution in [0, 0.1) is 161 Å². The normalized spacial score (nSPS) is 12.0. The van der Waals surface area contributed by atoms with Gasteiger partial charge in [-0.1, -0.05) is 416 Å². The predicted molar refractivity (Wildman–Crippen MR) is 576 cm³/mol. The first-order chi connectivity index (χ1) is 62.0. The molecule has 2 aromatic heterocycles. The zero-order chi connectivity index (χ0) is 102. The first kappa shape index (κ1) is 133. The van der Waals surface area contributed by atoms with Gasteiger partial charge in [-0.2, -0.15) is 0 Å². The second kappa shape index (κ2) is 79.4. The molecule has 8 aromatic rings. The largest absolute Gasteiger partial charge is 0.261 e. The highest BCUT2D eigenvalue weighted by molar-refractivity contribution is 6.30. The van der Waals surface area contributed by atoms with Crippen molar-refractivity contribution >= 4 is 11.6 Å². The van der Waals surface area contributed by atoms with Crippen LogP contribution in [0.2, 0.25) is 5.02 Å². The Kier molecular flexibility index (Phi) is 79.2. The molecule has 0 amide bonds. The quantitative estimate of drug-likeness (QED) is 0.0480. The third-order valence-electron chi connectivity index (χ3n) is 20.7. The Bertz CT molecular complexity index is 3620. The minimum Gasteiger partial charge on any atom is -0.261 e. The number of pyridine rings is 2. The van der Waals surface area contributed by atoms with Crippen molar-refractivity contribution in [3.8, 4) is 0 Å². The van der Waals surface area contributed by atoms with Gasteiger partial charge in [0.25, 0.3) is 0 Å². The van der Waals surface area contributed by atoms with Gasteiger partial charge in [-0.05, 0) is 301 Å². The lowest BCUT2D eigenvalue weighted by Crippen LogP contribution is -2.05. The average molecular weight is 1880 g/mol. The molecule has 2 heterocycles. The summed E-state index contributed by atoms with van der Waals surface area (Å²) in [4.78, 5) is 8.16. The van der Waals surface area contributed by atoms with Crippen molar-refractivity contribution < 1.29 is 30.7 Å². The van der Waals surface area contributed by atoms with Crippen molar-refractivity contribution in [2.75, 3.05) is 0 Å². The van der Waals surface area contributed by atoms with Crippen molar-refractivity contribution in [2.24, 2.45) is 106 Å². The zero-order valence-electron chi connectivity index (χ0n) is 92.0. The van der Waals surface area contributed by atoms with Gasteiger partial charge in [0.15, 0.2) is 11.6 Å². The van der Waals surface area contributed by atoms with Gasteiger partial charge in [-0.25, -0.2) is 30.7 Å². The van der Waals surface area contributed by atoms with Crippen LogP contribution in [0.5, 0.6) is 0 Å². The van der Waals surface area contributed by atoms with Gasteiger partial charge in [-0.15, -0.1) is 0 Å². The van der Waals surface area contributed by atoms with Crippen molar-refractivity contribution in [3.63, 3.8) is 0 Å². The van der Waals surface area contributed by atoms with E-state index >= 15 is 0 Å². The molecule has 0 spiro atoms. The Morgan fingerprint density at radius 3 is 1.00 bits per heavy atom. The Morgan fingerprint density at radius 1 is 0.316 bits per heavy atom. The van der Waals surface area contributed by atoms with Crippen LogP contribution >= 0.6 is 11.6 Å². The molecule has 758 valence electrons.